The summed E-state index contributed by atoms with van der Waals surface area (Å²) in [7, 11) is 1.58. The molecule has 2 aromatic rings. The smallest absolute Gasteiger partial charge is 0.256 e. The summed E-state index contributed by atoms with van der Waals surface area (Å²) >= 11 is 3.59. The van der Waals surface area contributed by atoms with Gasteiger partial charge in [-0.25, -0.2) is 8.78 Å². The normalized spacial score (nSPS) is 21.2. The third kappa shape index (κ3) is 4.80. The molecule has 0 bridgehead atoms. The second kappa shape index (κ2) is 9.22. The van der Waals surface area contributed by atoms with Crippen LogP contribution in [0.15, 0.2) is 28.7 Å². The third-order valence-corrected chi connectivity index (χ3v) is 8.64. The van der Waals surface area contributed by atoms with Gasteiger partial charge in [-0.15, -0.1) is 0 Å². The monoisotopic (exact) mass is 577 g/mol. The number of fused-ring (bicyclic) bond motifs is 1. The van der Waals surface area contributed by atoms with Gasteiger partial charge in [0.1, 0.15) is 11.4 Å². The third-order valence-electron chi connectivity index (χ3n) is 8.18. The molecule has 3 aliphatic heterocycles. The van der Waals surface area contributed by atoms with E-state index in [2.05, 4.69) is 26.1 Å². The van der Waals surface area contributed by atoms with Crippen molar-refractivity contribution in [1.82, 2.24) is 0 Å². The highest BCUT2D eigenvalue weighted by Crippen LogP contribution is 2.54. The van der Waals surface area contributed by atoms with Gasteiger partial charge in [0.25, 0.3) is 11.8 Å². The number of hydrogen-bond donors (Lipinski definition) is 1. The molecule has 1 spiro atoms. The van der Waals surface area contributed by atoms with Gasteiger partial charge in [0.15, 0.2) is 11.5 Å². The van der Waals surface area contributed by atoms with Crippen molar-refractivity contribution in [2.45, 2.75) is 44.4 Å². The van der Waals surface area contributed by atoms with Crippen molar-refractivity contribution in [3.8, 4) is 17.2 Å². The number of methoxy groups -OCH3 is 1. The Morgan fingerprint density at radius 2 is 1.62 bits per heavy atom. The molecule has 10 heteroatoms. The number of nitrogens with one attached hydrogen (secondary N) is 1. The highest BCUT2D eigenvalue weighted by atomic mass is 79.9. The first-order valence-corrected chi connectivity index (χ1v) is 13.6. The minimum absolute atomic E-state index is 0.0263. The van der Waals surface area contributed by atoms with E-state index in [1.54, 1.807) is 19.2 Å². The maximum atomic E-state index is 13.8. The minimum Gasteiger partial charge on any atom is -0.494 e. The van der Waals surface area contributed by atoms with Crippen LogP contribution < -0.4 is 29.3 Å². The molecule has 1 amide bonds. The lowest BCUT2D eigenvalue weighted by Crippen LogP contribution is -2.39. The fraction of sp³-hybridized carbons (Fsp3) is 0.519. The van der Waals surface area contributed by atoms with Crippen LogP contribution in [0, 0.1) is 5.41 Å². The largest absolute Gasteiger partial charge is 0.494 e. The van der Waals surface area contributed by atoms with E-state index in [9.17, 15) is 13.6 Å². The van der Waals surface area contributed by atoms with Crippen molar-refractivity contribution in [1.29, 1.82) is 0 Å². The van der Waals surface area contributed by atoms with Crippen LogP contribution in [0.25, 0.3) is 0 Å². The predicted octanol–water partition coefficient (Wildman–Crippen LogP) is 6.05. The molecule has 3 heterocycles. The molecule has 1 N–H and O–H groups in total. The Morgan fingerprint density at radius 1 is 0.946 bits per heavy atom. The van der Waals surface area contributed by atoms with Crippen molar-refractivity contribution in [2.24, 2.45) is 5.41 Å². The zero-order chi connectivity index (χ0) is 25.8. The van der Waals surface area contributed by atoms with Gasteiger partial charge < -0.3 is 29.3 Å². The number of carbonyl (C=O) groups is 1. The van der Waals surface area contributed by atoms with Crippen molar-refractivity contribution in [3.05, 3.63) is 34.3 Å². The first-order valence-electron chi connectivity index (χ1n) is 12.8. The standard InChI is InChI=1S/C27H30BrF2N3O4/c1-35-21-15-18(28)14-19(32-8-4-26(2-3-26)5-9-32)23(21)31-25(34)17-12-20(24-22(13-17)36-16-37-24)33-10-6-27(29,30)7-11-33/h12-15H,2-11,16H2,1H3,(H,31,34). The van der Waals surface area contributed by atoms with E-state index in [0.717, 1.165) is 36.1 Å². The van der Waals surface area contributed by atoms with E-state index in [-0.39, 0.29) is 38.6 Å². The lowest BCUT2D eigenvalue weighted by atomic mass is 9.93. The van der Waals surface area contributed by atoms with Gasteiger partial charge in [0.05, 0.1) is 18.5 Å². The molecule has 0 aromatic heterocycles. The van der Waals surface area contributed by atoms with Crippen molar-refractivity contribution in [2.75, 3.05) is 55.2 Å². The van der Waals surface area contributed by atoms with Crippen molar-refractivity contribution in [3.63, 3.8) is 0 Å². The quantitative estimate of drug-likeness (QED) is 0.466. The Hall–Kier alpha value is -2.75. The number of piperidine rings is 2. The number of amides is 1. The van der Waals surface area contributed by atoms with Gasteiger partial charge in [0.2, 0.25) is 6.79 Å². The summed E-state index contributed by atoms with van der Waals surface area (Å²) in [4.78, 5) is 17.8. The number of nitrogens with zero attached hydrogens (tertiary/aromatic N) is 2. The molecule has 4 aliphatic rings. The molecule has 2 aromatic carbocycles. The molecule has 0 atom stereocenters. The van der Waals surface area contributed by atoms with E-state index in [1.165, 1.54) is 12.8 Å². The number of halogens is 3. The fourth-order valence-corrected chi connectivity index (χ4v) is 6.05. The van der Waals surface area contributed by atoms with Crippen molar-refractivity contribution >= 4 is 38.9 Å². The Kier molecular flexibility index (Phi) is 6.12. The minimum atomic E-state index is -2.67. The van der Waals surface area contributed by atoms with Crippen LogP contribution in [0.5, 0.6) is 17.2 Å². The lowest BCUT2D eigenvalue weighted by Gasteiger charge is -2.35. The van der Waals surface area contributed by atoms with E-state index < -0.39 is 5.92 Å². The number of hydrogen-bond acceptors (Lipinski definition) is 6. The zero-order valence-corrected chi connectivity index (χ0v) is 22.3. The molecule has 0 unspecified atom stereocenters. The molecule has 3 fully saturated rings. The summed E-state index contributed by atoms with van der Waals surface area (Å²) in [5, 5.41) is 3.08. The molecule has 0 radical (unpaired) electrons. The van der Waals surface area contributed by atoms with E-state index in [1.807, 2.05) is 17.0 Å². The van der Waals surface area contributed by atoms with E-state index in [4.69, 9.17) is 14.2 Å². The molecule has 1 aliphatic carbocycles. The fourth-order valence-electron chi connectivity index (χ4n) is 5.62. The summed E-state index contributed by atoms with van der Waals surface area (Å²) < 4.78 is 45.4. The molecular formula is C27H30BrF2N3O4. The summed E-state index contributed by atoms with van der Waals surface area (Å²) in [5.41, 5.74) is 3.01. The topological polar surface area (TPSA) is 63.3 Å². The number of benzene rings is 2. The SMILES string of the molecule is COc1cc(Br)cc(N2CCC3(CC2)CC3)c1NC(=O)c1cc2c(c(N3CCC(F)(F)CC3)c1)OCO2. The average Bonchev–Trinajstić information content (AvgIpc) is 3.45. The molecule has 1 saturated carbocycles. The lowest BCUT2D eigenvalue weighted by molar-refractivity contribution is -0.0221. The first-order chi connectivity index (χ1) is 17.8. The Bertz CT molecular complexity index is 1220. The van der Waals surface area contributed by atoms with Crippen LogP contribution in [0.2, 0.25) is 0 Å². The molecule has 2 saturated heterocycles. The Morgan fingerprint density at radius 3 is 2.30 bits per heavy atom. The number of alkyl halides is 2. The Labute approximate surface area is 223 Å². The van der Waals surface area contributed by atoms with Gasteiger partial charge in [-0.05, 0) is 55.4 Å². The maximum Gasteiger partial charge on any atom is 0.256 e. The number of rotatable bonds is 5. The number of carbonyl (C=O) groups excluding carboxylic acids is 1. The highest BCUT2D eigenvalue weighted by Gasteiger charge is 2.44. The van der Waals surface area contributed by atoms with Crippen LogP contribution in [0.1, 0.15) is 48.9 Å². The number of anilines is 3. The molecule has 198 valence electrons. The molecule has 37 heavy (non-hydrogen) atoms. The molecule has 7 nitrogen and oxygen atoms in total. The number of ether oxygens (including phenoxy) is 3. The van der Waals surface area contributed by atoms with Crippen LogP contribution in [-0.2, 0) is 0 Å². The molecule has 6 rings (SSSR count). The van der Waals surface area contributed by atoms with Gasteiger partial charge in [-0.1, -0.05) is 15.9 Å². The van der Waals surface area contributed by atoms with Crippen LogP contribution in [0.3, 0.4) is 0 Å². The summed E-state index contributed by atoms with van der Waals surface area (Å²) in [5.74, 6) is -1.52. The maximum absolute atomic E-state index is 13.8. The average molecular weight is 578 g/mol. The summed E-state index contributed by atoms with van der Waals surface area (Å²) in [6.07, 6.45) is 4.44. The van der Waals surface area contributed by atoms with Crippen LogP contribution >= 0.6 is 15.9 Å². The van der Waals surface area contributed by atoms with E-state index >= 15 is 0 Å². The first kappa shape index (κ1) is 24.6. The second-order valence-corrected chi connectivity index (χ2v) is 11.4. The van der Waals surface area contributed by atoms with Gasteiger partial charge in [-0.2, -0.15) is 0 Å². The highest BCUT2D eigenvalue weighted by molar-refractivity contribution is 9.10. The summed E-state index contributed by atoms with van der Waals surface area (Å²) in [6, 6.07) is 7.20. The second-order valence-electron chi connectivity index (χ2n) is 10.5. The van der Waals surface area contributed by atoms with Crippen LogP contribution in [-0.4, -0.2) is 51.9 Å². The Balaban J connectivity index is 1.30. The van der Waals surface area contributed by atoms with Gasteiger partial charge in [-0.3, -0.25) is 4.79 Å². The summed E-state index contributed by atoms with van der Waals surface area (Å²) in [6.45, 7) is 2.23. The molecular weight excluding hydrogens is 548 g/mol. The van der Waals surface area contributed by atoms with Crippen LogP contribution in [0.4, 0.5) is 25.8 Å². The van der Waals surface area contributed by atoms with Gasteiger partial charge >= 0.3 is 0 Å². The van der Waals surface area contributed by atoms with Crippen molar-refractivity contribution < 1.29 is 27.8 Å². The van der Waals surface area contributed by atoms with E-state index in [0.29, 0.717) is 39.6 Å². The predicted molar refractivity (Wildman–Crippen MR) is 141 cm³/mol. The zero-order valence-electron chi connectivity index (χ0n) is 20.7. The van der Waals surface area contributed by atoms with Gasteiger partial charge in [0, 0.05) is 49.1 Å².